The summed E-state index contributed by atoms with van der Waals surface area (Å²) in [6.45, 7) is 2.38. The van der Waals surface area contributed by atoms with Crippen LogP contribution in [-0.2, 0) is 0 Å². The second kappa shape index (κ2) is 8.88. The van der Waals surface area contributed by atoms with Crippen molar-refractivity contribution in [2.24, 2.45) is 5.92 Å². The fraction of sp³-hybridized carbons (Fsp3) is 0.500. The van der Waals surface area contributed by atoms with Gasteiger partial charge in [-0.15, -0.1) is 0 Å². The van der Waals surface area contributed by atoms with Crippen molar-refractivity contribution in [1.29, 1.82) is 0 Å². The number of ketones is 1. The van der Waals surface area contributed by atoms with E-state index in [0.29, 0.717) is 29.4 Å². The van der Waals surface area contributed by atoms with Crippen molar-refractivity contribution >= 4 is 11.7 Å². The lowest BCUT2D eigenvalue weighted by Gasteiger charge is -2.32. The Balaban J connectivity index is 1.20. The number of nitrogens with one attached hydrogen (secondary N) is 1. The molecule has 4 rings (SSSR count). The molecule has 7 nitrogen and oxygen atoms in total. The average molecular weight is 396 g/mol. The number of carbonyl (C=O) groups is 1. The fourth-order valence-electron chi connectivity index (χ4n) is 4.02. The van der Waals surface area contributed by atoms with Gasteiger partial charge in [-0.2, -0.15) is 0 Å². The third-order valence-corrected chi connectivity index (χ3v) is 6.00. The summed E-state index contributed by atoms with van der Waals surface area (Å²) >= 11 is 0. The molecule has 1 aromatic carbocycles. The second-order valence-corrected chi connectivity index (χ2v) is 7.91. The van der Waals surface area contributed by atoms with Crippen molar-refractivity contribution in [3.05, 3.63) is 47.8 Å². The zero-order valence-corrected chi connectivity index (χ0v) is 16.8. The van der Waals surface area contributed by atoms with Gasteiger partial charge in [-0.25, -0.2) is 9.97 Å². The minimum atomic E-state index is -0.512. The van der Waals surface area contributed by atoms with Gasteiger partial charge in [-0.3, -0.25) is 4.79 Å². The minimum Gasteiger partial charge on any atom is -0.497 e. The molecule has 0 radical (unpaired) electrons. The Morgan fingerprint density at radius 3 is 2.52 bits per heavy atom. The molecule has 0 bridgehead atoms. The van der Waals surface area contributed by atoms with Crippen LogP contribution in [0.15, 0.2) is 36.7 Å². The Morgan fingerprint density at radius 1 is 1.21 bits per heavy atom. The maximum Gasteiger partial charge on any atom is 0.225 e. The van der Waals surface area contributed by atoms with Crippen molar-refractivity contribution in [3.63, 3.8) is 0 Å². The average Bonchev–Trinajstić information content (AvgIpc) is 3.57. The first kappa shape index (κ1) is 19.8. The van der Waals surface area contributed by atoms with Crippen LogP contribution in [0.1, 0.15) is 41.1 Å². The summed E-state index contributed by atoms with van der Waals surface area (Å²) in [5, 5.41) is 12.6. The number of hydrogen-bond donors (Lipinski definition) is 2. The van der Waals surface area contributed by atoms with Crippen LogP contribution < -0.4 is 15.0 Å². The predicted molar refractivity (Wildman–Crippen MR) is 111 cm³/mol. The zero-order valence-electron chi connectivity index (χ0n) is 16.8. The summed E-state index contributed by atoms with van der Waals surface area (Å²) in [5.74, 6) is 2.50. The molecule has 7 heteroatoms. The van der Waals surface area contributed by atoms with Gasteiger partial charge in [0.15, 0.2) is 5.78 Å². The van der Waals surface area contributed by atoms with E-state index in [9.17, 15) is 4.79 Å². The molecule has 2 unspecified atom stereocenters. The third-order valence-electron chi connectivity index (χ3n) is 6.00. The number of benzene rings is 1. The maximum absolute atomic E-state index is 11.5. The van der Waals surface area contributed by atoms with E-state index < -0.39 is 6.61 Å². The van der Waals surface area contributed by atoms with Crippen LogP contribution in [-0.4, -0.2) is 60.3 Å². The smallest absolute Gasteiger partial charge is 0.225 e. The lowest BCUT2D eigenvalue weighted by atomic mass is 9.97. The van der Waals surface area contributed by atoms with Gasteiger partial charge in [-0.1, -0.05) is 12.1 Å². The molecular weight excluding hydrogens is 368 g/mol. The van der Waals surface area contributed by atoms with Crippen molar-refractivity contribution in [1.82, 2.24) is 15.3 Å². The number of hydrogen-bond acceptors (Lipinski definition) is 7. The molecule has 2 atom stereocenters. The molecule has 1 aromatic heterocycles. The van der Waals surface area contributed by atoms with Crippen LogP contribution in [0, 0.1) is 5.92 Å². The van der Waals surface area contributed by atoms with Gasteiger partial charge in [0.05, 0.1) is 12.7 Å². The van der Waals surface area contributed by atoms with E-state index in [2.05, 4.69) is 32.3 Å². The van der Waals surface area contributed by atoms with Gasteiger partial charge in [0.2, 0.25) is 5.95 Å². The number of carbonyl (C=O) groups excluding carboxylic acids is 1. The Morgan fingerprint density at radius 2 is 1.90 bits per heavy atom. The van der Waals surface area contributed by atoms with Gasteiger partial charge < -0.3 is 20.1 Å². The first-order chi connectivity index (χ1) is 14.2. The number of aromatic nitrogens is 2. The Bertz CT molecular complexity index is 817. The van der Waals surface area contributed by atoms with Crippen LogP contribution in [0.3, 0.4) is 0 Å². The lowest BCUT2D eigenvalue weighted by Crippen LogP contribution is -2.38. The first-order valence-electron chi connectivity index (χ1n) is 10.3. The van der Waals surface area contributed by atoms with Crippen LogP contribution in [0.4, 0.5) is 5.95 Å². The molecule has 1 aliphatic heterocycles. The number of methoxy groups -OCH3 is 1. The molecule has 1 aliphatic carbocycles. The van der Waals surface area contributed by atoms with Crippen LogP contribution in [0.5, 0.6) is 5.75 Å². The summed E-state index contributed by atoms with van der Waals surface area (Å²) in [7, 11) is 1.70. The Kier molecular flexibility index (Phi) is 6.06. The summed E-state index contributed by atoms with van der Waals surface area (Å²) < 4.78 is 5.23. The molecule has 2 aliphatic rings. The number of aliphatic hydroxyl groups excluding tert-OH is 1. The summed E-state index contributed by atoms with van der Waals surface area (Å²) in [5.41, 5.74) is 1.74. The molecule has 0 spiro atoms. The molecule has 29 heavy (non-hydrogen) atoms. The molecule has 2 heterocycles. The van der Waals surface area contributed by atoms with Crippen molar-refractivity contribution in [2.45, 2.75) is 31.2 Å². The van der Waals surface area contributed by atoms with Crippen LogP contribution in [0.2, 0.25) is 0 Å². The highest BCUT2D eigenvalue weighted by Gasteiger charge is 2.38. The van der Waals surface area contributed by atoms with E-state index in [4.69, 9.17) is 9.84 Å². The number of Topliss-reactive ketones (excluding diaryl/α,β-unsaturated/α-hetero) is 1. The molecule has 2 fully saturated rings. The maximum atomic E-state index is 11.5. The van der Waals surface area contributed by atoms with E-state index in [0.717, 1.165) is 38.2 Å². The number of nitrogens with zero attached hydrogens (tertiary/aromatic N) is 3. The number of rotatable bonds is 8. The summed E-state index contributed by atoms with van der Waals surface area (Å²) in [4.78, 5) is 22.2. The molecule has 1 saturated carbocycles. The van der Waals surface area contributed by atoms with Crippen LogP contribution in [0.25, 0.3) is 0 Å². The van der Waals surface area contributed by atoms with E-state index >= 15 is 0 Å². The highest BCUT2D eigenvalue weighted by Crippen LogP contribution is 2.41. The summed E-state index contributed by atoms with van der Waals surface area (Å²) in [6, 6.07) is 9.00. The number of aliphatic hydroxyl groups is 1. The molecule has 1 saturated heterocycles. The van der Waals surface area contributed by atoms with Gasteiger partial charge >= 0.3 is 0 Å². The largest absolute Gasteiger partial charge is 0.497 e. The van der Waals surface area contributed by atoms with Crippen molar-refractivity contribution < 1.29 is 14.6 Å². The zero-order chi connectivity index (χ0) is 20.2. The topological polar surface area (TPSA) is 87.6 Å². The van der Waals surface area contributed by atoms with Crippen molar-refractivity contribution in [2.75, 3.05) is 38.3 Å². The van der Waals surface area contributed by atoms with Gasteiger partial charge in [-0.05, 0) is 49.4 Å². The van der Waals surface area contributed by atoms with E-state index in [1.807, 2.05) is 12.1 Å². The van der Waals surface area contributed by atoms with Crippen LogP contribution >= 0.6 is 0 Å². The highest BCUT2D eigenvalue weighted by atomic mass is 16.5. The minimum absolute atomic E-state index is 0.352. The Hall–Kier alpha value is -2.51. The standard InChI is InChI=1S/C22H28N4O3/c1-29-18-4-2-16(3-5-18)19-10-20(19)23-11-15-6-8-26(9-7-15)22-24-12-17(13-25-22)21(28)14-27/h2-5,12-13,15,19-20,23,27H,6-11,14H2,1H3. The second-order valence-electron chi connectivity index (χ2n) is 7.91. The number of ether oxygens (including phenoxy) is 1. The Labute approximate surface area is 171 Å². The molecule has 2 aromatic rings. The van der Waals surface area contributed by atoms with Gasteiger partial charge in [0, 0.05) is 37.4 Å². The molecule has 0 amide bonds. The monoisotopic (exact) mass is 396 g/mol. The highest BCUT2D eigenvalue weighted by molar-refractivity contribution is 5.96. The van der Waals surface area contributed by atoms with Crippen molar-refractivity contribution in [3.8, 4) is 5.75 Å². The van der Waals surface area contributed by atoms with Gasteiger partial charge in [0.1, 0.15) is 12.4 Å². The molecular formula is C22H28N4O3. The summed E-state index contributed by atoms with van der Waals surface area (Å²) in [6.07, 6.45) is 6.42. The third kappa shape index (κ3) is 4.74. The quantitative estimate of drug-likeness (QED) is 0.660. The van der Waals surface area contributed by atoms with E-state index in [1.54, 1.807) is 7.11 Å². The van der Waals surface area contributed by atoms with E-state index in [-0.39, 0.29) is 5.78 Å². The first-order valence-corrected chi connectivity index (χ1v) is 10.3. The van der Waals surface area contributed by atoms with Gasteiger partial charge in [0.25, 0.3) is 0 Å². The normalized spacial score (nSPS) is 21.8. The molecule has 2 N–H and O–H groups in total. The lowest BCUT2D eigenvalue weighted by molar-refractivity contribution is 0.0903. The van der Waals surface area contributed by atoms with E-state index in [1.165, 1.54) is 24.4 Å². The predicted octanol–water partition coefficient (Wildman–Crippen LogP) is 2.02. The fourth-order valence-corrected chi connectivity index (χ4v) is 4.02. The SMILES string of the molecule is COc1ccc(C2CC2NCC2CCN(c3ncc(C(=O)CO)cn3)CC2)cc1. The number of anilines is 1. The number of piperidine rings is 1. The molecule has 154 valence electrons.